The number of benzene rings is 1. The van der Waals surface area contributed by atoms with Gasteiger partial charge in [-0.3, -0.25) is 10.1 Å². The lowest BCUT2D eigenvalue weighted by atomic mass is 9.93. The van der Waals surface area contributed by atoms with E-state index in [2.05, 4.69) is 5.32 Å². The van der Waals surface area contributed by atoms with Gasteiger partial charge < -0.3 is 10.4 Å². The zero-order valence-electron chi connectivity index (χ0n) is 9.80. The van der Waals surface area contributed by atoms with Gasteiger partial charge in [0.05, 0.1) is 11.0 Å². The Bertz CT molecular complexity index is 445. The molecule has 0 unspecified atom stereocenters. The van der Waals surface area contributed by atoms with Gasteiger partial charge in [-0.1, -0.05) is 11.6 Å². The highest BCUT2D eigenvalue weighted by molar-refractivity contribution is 6.32. The Balaban J connectivity index is 2.02. The molecule has 1 aliphatic carbocycles. The van der Waals surface area contributed by atoms with E-state index in [1.807, 2.05) is 0 Å². The van der Waals surface area contributed by atoms with E-state index in [-0.39, 0.29) is 16.8 Å². The maximum absolute atomic E-state index is 10.6. The average Bonchev–Trinajstić information content (AvgIpc) is 2.32. The predicted molar refractivity (Wildman–Crippen MR) is 70.0 cm³/mol. The third-order valence-corrected chi connectivity index (χ3v) is 3.51. The Morgan fingerprint density at radius 3 is 2.56 bits per heavy atom. The van der Waals surface area contributed by atoms with Crippen molar-refractivity contribution in [2.75, 3.05) is 5.32 Å². The molecule has 18 heavy (non-hydrogen) atoms. The molecular weight excluding hydrogens is 256 g/mol. The van der Waals surface area contributed by atoms with Crippen molar-refractivity contribution in [2.45, 2.75) is 37.8 Å². The molecule has 2 N–H and O–H groups in total. The van der Waals surface area contributed by atoms with E-state index in [4.69, 9.17) is 11.6 Å². The Kier molecular flexibility index (Phi) is 4.04. The van der Waals surface area contributed by atoms with Crippen LogP contribution in [0.4, 0.5) is 11.4 Å². The number of hydrogen-bond acceptors (Lipinski definition) is 4. The number of nitro benzene ring substituents is 1. The molecule has 0 amide bonds. The molecule has 1 aliphatic rings. The van der Waals surface area contributed by atoms with E-state index in [1.165, 1.54) is 6.07 Å². The quantitative estimate of drug-likeness (QED) is 0.654. The predicted octanol–water partition coefficient (Wildman–Crippen LogP) is 2.96. The molecule has 0 aromatic heterocycles. The van der Waals surface area contributed by atoms with Crippen molar-refractivity contribution in [1.82, 2.24) is 0 Å². The molecule has 0 saturated heterocycles. The third kappa shape index (κ3) is 3.11. The molecule has 0 radical (unpaired) electrons. The van der Waals surface area contributed by atoms with Gasteiger partial charge in [-0.25, -0.2) is 0 Å². The van der Waals surface area contributed by atoms with Crippen molar-refractivity contribution in [3.05, 3.63) is 33.3 Å². The summed E-state index contributed by atoms with van der Waals surface area (Å²) in [5.41, 5.74) is 0.702. The number of nitrogens with one attached hydrogen (secondary N) is 1. The second-order valence-electron chi connectivity index (χ2n) is 4.57. The Hall–Kier alpha value is -1.33. The molecule has 0 atom stereocenters. The monoisotopic (exact) mass is 270 g/mol. The zero-order valence-corrected chi connectivity index (χ0v) is 10.6. The minimum absolute atomic E-state index is 0.0821. The highest BCUT2D eigenvalue weighted by Gasteiger charge is 2.20. The summed E-state index contributed by atoms with van der Waals surface area (Å²) in [6.07, 6.45) is 3.19. The second-order valence-corrected chi connectivity index (χ2v) is 4.98. The number of aliphatic hydroxyl groups is 1. The molecule has 0 heterocycles. The van der Waals surface area contributed by atoms with Crippen molar-refractivity contribution in [2.24, 2.45) is 0 Å². The summed E-state index contributed by atoms with van der Waals surface area (Å²) >= 11 is 5.84. The van der Waals surface area contributed by atoms with Crippen molar-refractivity contribution in [3.63, 3.8) is 0 Å². The molecular formula is C12H15ClN2O3. The van der Waals surface area contributed by atoms with Gasteiger partial charge >= 0.3 is 0 Å². The van der Waals surface area contributed by atoms with Crippen LogP contribution in [0.2, 0.25) is 5.02 Å². The molecule has 5 nitrogen and oxygen atoms in total. The summed E-state index contributed by atoms with van der Waals surface area (Å²) in [6, 6.07) is 4.94. The lowest BCUT2D eigenvalue weighted by Gasteiger charge is -2.27. The molecule has 0 bridgehead atoms. The summed E-state index contributed by atoms with van der Waals surface area (Å²) in [4.78, 5) is 10.1. The number of halogens is 1. The molecule has 1 aromatic carbocycles. The summed E-state index contributed by atoms with van der Waals surface area (Å²) in [6.45, 7) is 0. The van der Waals surface area contributed by atoms with E-state index in [1.54, 1.807) is 12.1 Å². The number of nitrogens with zero attached hydrogens (tertiary/aromatic N) is 1. The Labute approximate surface area is 110 Å². The molecule has 1 saturated carbocycles. The fourth-order valence-electron chi connectivity index (χ4n) is 2.20. The van der Waals surface area contributed by atoms with Crippen LogP contribution in [0.3, 0.4) is 0 Å². The summed E-state index contributed by atoms with van der Waals surface area (Å²) in [5, 5.41) is 23.5. The number of nitro groups is 1. The minimum atomic E-state index is -0.497. The molecule has 0 aliphatic heterocycles. The van der Waals surface area contributed by atoms with Gasteiger partial charge in [0.2, 0.25) is 0 Å². The fraction of sp³-hybridized carbons (Fsp3) is 0.500. The SMILES string of the molecule is O=[N+]([O-])c1ccc(NC2CCC(O)CC2)cc1Cl. The first-order valence-electron chi connectivity index (χ1n) is 5.95. The normalized spacial score (nSPS) is 23.7. The van der Waals surface area contributed by atoms with Crippen LogP contribution < -0.4 is 5.32 Å². The van der Waals surface area contributed by atoms with Crippen molar-refractivity contribution in [1.29, 1.82) is 0 Å². The topological polar surface area (TPSA) is 75.4 Å². The molecule has 1 aromatic rings. The largest absolute Gasteiger partial charge is 0.393 e. The van der Waals surface area contributed by atoms with E-state index in [9.17, 15) is 15.2 Å². The van der Waals surface area contributed by atoms with Crippen molar-refractivity contribution >= 4 is 23.0 Å². The van der Waals surface area contributed by atoms with Gasteiger partial charge in [0.1, 0.15) is 5.02 Å². The van der Waals surface area contributed by atoms with Crippen LogP contribution in [0.15, 0.2) is 18.2 Å². The number of hydrogen-bond donors (Lipinski definition) is 2. The lowest BCUT2D eigenvalue weighted by molar-refractivity contribution is -0.384. The first-order chi connectivity index (χ1) is 8.56. The highest BCUT2D eigenvalue weighted by Crippen LogP contribution is 2.29. The first kappa shape index (κ1) is 13.1. The van der Waals surface area contributed by atoms with Crippen LogP contribution in [-0.2, 0) is 0 Å². The van der Waals surface area contributed by atoms with Crippen LogP contribution in [-0.4, -0.2) is 22.2 Å². The molecule has 6 heteroatoms. The van der Waals surface area contributed by atoms with Crippen molar-refractivity contribution in [3.8, 4) is 0 Å². The maximum atomic E-state index is 10.6. The molecule has 98 valence electrons. The standard InChI is InChI=1S/C12H15ClN2O3/c13-11-7-9(3-6-12(11)15(17)18)14-8-1-4-10(16)5-2-8/h3,6-8,10,14,16H,1-2,4-5H2. The average molecular weight is 271 g/mol. The zero-order chi connectivity index (χ0) is 13.1. The van der Waals surface area contributed by atoms with Crippen LogP contribution >= 0.6 is 11.6 Å². The van der Waals surface area contributed by atoms with E-state index in [0.717, 1.165) is 31.4 Å². The van der Waals surface area contributed by atoms with E-state index in [0.29, 0.717) is 6.04 Å². The fourth-order valence-corrected chi connectivity index (χ4v) is 2.45. The number of anilines is 1. The lowest BCUT2D eigenvalue weighted by Crippen LogP contribution is -2.28. The van der Waals surface area contributed by atoms with Gasteiger partial charge in [0.25, 0.3) is 5.69 Å². The summed E-state index contributed by atoms with van der Waals surface area (Å²) in [5.74, 6) is 0. The van der Waals surface area contributed by atoms with Crippen LogP contribution in [0.5, 0.6) is 0 Å². The van der Waals surface area contributed by atoms with Gasteiger partial charge in [-0.15, -0.1) is 0 Å². The number of aliphatic hydroxyl groups excluding tert-OH is 1. The third-order valence-electron chi connectivity index (χ3n) is 3.21. The summed E-state index contributed by atoms with van der Waals surface area (Å²) in [7, 11) is 0. The minimum Gasteiger partial charge on any atom is -0.393 e. The number of rotatable bonds is 3. The maximum Gasteiger partial charge on any atom is 0.288 e. The molecule has 0 spiro atoms. The van der Waals surface area contributed by atoms with Crippen LogP contribution in [0.1, 0.15) is 25.7 Å². The Morgan fingerprint density at radius 1 is 1.33 bits per heavy atom. The Morgan fingerprint density at radius 2 is 2.00 bits per heavy atom. The second kappa shape index (κ2) is 5.54. The van der Waals surface area contributed by atoms with Crippen LogP contribution in [0.25, 0.3) is 0 Å². The van der Waals surface area contributed by atoms with E-state index < -0.39 is 4.92 Å². The molecule has 2 rings (SSSR count). The molecule has 1 fully saturated rings. The van der Waals surface area contributed by atoms with Gasteiger partial charge in [0, 0.05) is 17.8 Å². The van der Waals surface area contributed by atoms with Gasteiger partial charge in [0.15, 0.2) is 0 Å². The van der Waals surface area contributed by atoms with Gasteiger partial charge in [-0.2, -0.15) is 0 Å². The highest BCUT2D eigenvalue weighted by atomic mass is 35.5. The smallest absolute Gasteiger partial charge is 0.288 e. The van der Waals surface area contributed by atoms with E-state index >= 15 is 0 Å². The summed E-state index contributed by atoms with van der Waals surface area (Å²) < 4.78 is 0. The van der Waals surface area contributed by atoms with Crippen LogP contribution in [0, 0.1) is 10.1 Å². The van der Waals surface area contributed by atoms with Gasteiger partial charge in [-0.05, 0) is 37.8 Å². The first-order valence-corrected chi connectivity index (χ1v) is 6.32. The van der Waals surface area contributed by atoms with Crippen molar-refractivity contribution < 1.29 is 10.0 Å².